The fraction of sp³-hybridized carbons (Fsp3) is 0.381. The van der Waals surface area contributed by atoms with E-state index >= 15 is 0 Å². The van der Waals surface area contributed by atoms with Gasteiger partial charge in [0.1, 0.15) is 18.4 Å². The molecule has 0 bridgehead atoms. The van der Waals surface area contributed by atoms with E-state index in [0.29, 0.717) is 34.7 Å². The van der Waals surface area contributed by atoms with Crippen LogP contribution < -0.4 is 10.1 Å². The first-order valence-electron chi connectivity index (χ1n) is 9.67. The zero-order valence-electron chi connectivity index (χ0n) is 17.0. The number of aromatic nitrogens is 3. The van der Waals surface area contributed by atoms with Gasteiger partial charge in [-0.05, 0) is 25.2 Å². The molecule has 1 unspecified atom stereocenters. The van der Waals surface area contributed by atoms with Crippen molar-refractivity contribution in [2.45, 2.75) is 38.4 Å². The molecular formula is C21H26N4O3S. The Kier molecular flexibility index (Phi) is 6.98. The number of nitrogens with zero attached hydrogens (tertiary/aromatic N) is 3. The van der Waals surface area contributed by atoms with Crippen molar-refractivity contribution in [2.24, 2.45) is 0 Å². The van der Waals surface area contributed by atoms with Crippen molar-refractivity contribution in [1.82, 2.24) is 14.8 Å². The van der Waals surface area contributed by atoms with Gasteiger partial charge in [-0.15, -0.1) is 5.10 Å². The van der Waals surface area contributed by atoms with Gasteiger partial charge in [-0.25, -0.2) is 9.48 Å². The third kappa shape index (κ3) is 4.48. The average Bonchev–Trinajstić information content (AvgIpc) is 3.11. The molecule has 3 rings (SSSR count). The summed E-state index contributed by atoms with van der Waals surface area (Å²) in [6.07, 6.45) is 2.43. The minimum absolute atomic E-state index is 0.136. The van der Waals surface area contributed by atoms with E-state index in [0.717, 1.165) is 17.7 Å². The summed E-state index contributed by atoms with van der Waals surface area (Å²) in [5.74, 6) is 1.74. The smallest absolute Gasteiger partial charge is 0.338 e. The van der Waals surface area contributed by atoms with Crippen LogP contribution in [-0.4, -0.2) is 39.7 Å². The number of nitrogens with one attached hydrogen (secondary N) is 1. The molecule has 7 nitrogen and oxygen atoms in total. The number of carbonyl (C=O) groups is 1. The molecule has 0 amide bonds. The van der Waals surface area contributed by atoms with Gasteiger partial charge in [0, 0.05) is 11.3 Å². The van der Waals surface area contributed by atoms with E-state index in [4.69, 9.17) is 9.47 Å². The SMILES string of the molecule is C=CCOC(=O)C1=C(C)Nc2nc(SCC)nn2C1c1ccccc1OCCC. The number of fused-ring (bicyclic) bond motifs is 1. The van der Waals surface area contributed by atoms with Gasteiger partial charge in [0.25, 0.3) is 0 Å². The van der Waals surface area contributed by atoms with Crippen LogP contribution in [0, 0.1) is 0 Å². The molecular weight excluding hydrogens is 388 g/mol. The minimum Gasteiger partial charge on any atom is -0.493 e. The third-order valence-electron chi connectivity index (χ3n) is 4.33. The molecule has 1 aliphatic heterocycles. The predicted octanol–water partition coefficient (Wildman–Crippen LogP) is 4.20. The van der Waals surface area contributed by atoms with Crippen molar-refractivity contribution in [3.63, 3.8) is 0 Å². The van der Waals surface area contributed by atoms with Crippen LogP contribution in [0.1, 0.15) is 38.8 Å². The fourth-order valence-electron chi connectivity index (χ4n) is 3.14. The summed E-state index contributed by atoms with van der Waals surface area (Å²) in [6.45, 7) is 10.3. The monoisotopic (exact) mass is 414 g/mol. The molecule has 0 radical (unpaired) electrons. The summed E-state index contributed by atoms with van der Waals surface area (Å²) in [5, 5.41) is 8.51. The Hall–Kier alpha value is -2.74. The second-order valence-corrected chi connectivity index (χ2v) is 7.67. The van der Waals surface area contributed by atoms with Gasteiger partial charge in [0.15, 0.2) is 0 Å². The Balaban J connectivity index is 2.13. The maximum atomic E-state index is 12.9. The van der Waals surface area contributed by atoms with Gasteiger partial charge in [0.2, 0.25) is 11.1 Å². The first-order valence-corrected chi connectivity index (χ1v) is 10.7. The number of para-hydroxylation sites is 1. The van der Waals surface area contributed by atoms with Crippen LogP contribution >= 0.6 is 11.8 Å². The molecule has 0 aliphatic carbocycles. The van der Waals surface area contributed by atoms with Gasteiger partial charge >= 0.3 is 5.97 Å². The van der Waals surface area contributed by atoms with Crippen LogP contribution in [0.15, 0.2) is 53.3 Å². The molecule has 1 aromatic carbocycles. The predicted molar refractivity (Wildman–Crippen MR) is 114 cm³/mol. The number of esters is 1. The quantitative estimate of drug-likeness (QED) is 0.374. The molecule has 0 spiro atoms. The van der Waals surface area contributed by atoms with Crippen molar-refractivity contribution >= 4 is 23.7 Å². The zero-order valence-corrected chi connectivity index (χ0v) is 17.8. The molecule has 8 heteroatoms. The average molecular weight is 415 g/mol. The van der Waals surface area contributed by atoms with E-state index in [1.165, 1.54) is 0 Å². The lowest BCUT2D eigenvalue weighted by atomic mass is 9.95. The topological polar surface area (TPSA) is 78.3 Å². The molecule has 1 atom stereocenters. The highest BCUT2D eigenvalue weighted by molar-refractivity contribution is 7.99. The van der Waals surface area contributed by atoms with Crippen molar-refractivity contribution < 1.29 is 14.3 Å². The number of anilines is 1. The maximum Gasteiger partial charge on any atom is 0.338 e. The molecule has 2 heterocycles. The third-order valence-corrected chi connectivity index (χ3v) is 5.05. The second kappa shape index (κ2) is 9.65. The van der Waals surface area contributed by atoms with E-state index in [1.54, 1.807) is 22.5 Å². The van der Waals surface area contributed by atoms with Gasteiger partial charge in [0.05, 0.1) is 12.2 Å². The van der Waals surface area contributed by atoms with Crippen LogP contribution in [0.25, 0.3) is 0 Å². The molecule has 1 N–H and O–H groups in total. The van der Waals surface area contributed by atoms with Crippen molar-refractivity contribution in [3.8, 4) is 5.75 Å². The molecule has 0 saturated carbocycles. The van der Waals surface area contributed by atoms with E-state index in [2.05, 4.69) is 28.9 Å². The summed E-state index contributed by atoms with van der Waals surface area (Å²) in [4.78, 5) is 17.5. The summed E-state index contributed by atoms with van der Waals surface area (Å²) >= 11 is 1.55. The number of rotatable bonds is 9. The largest absolute Gasteiger partial charge is 0.493 e. The molecule has 154 valence electrons. The Morgan fingerprint density at radius 1 is 1.38 bits per heavy atom. The maximum absolute atomic E-state index is 12.9. The summed E-state index contributed by atoms with van der Waals surface area (Å²) < 4.78 is 13.1. The number of carbonyl (C=O) groups excluding carboxylic acids is 1. The van der Waals surface area contributed by atoms with Crippen molar-refractivity contribution in [3.05, 3.63) is 53.8 Å². The lowest BCUT2D eigenvalue weighted by molar-refractivity contribution is -0.138. The second-order valence-electron chi connectivity index (χ2n) is 6.44. The zero-order chi connectivity index (χ0) is 20.8. The lowest BCUT2D eigenvalue weighted by Crippen LogP contribution is -2.30. The van der Waals surface area contributed by atoms with E-state index in [1.807, 2.05) is 38.1 Å². The first kappa shape index (κ1) is 21.0. The number of hydrogen-bond donors (Lipinski definition) is 1. The van der Waals surface area contributed by atoms with E-state index in [-0.39, 0.29) is 6.61 Å². The first-order chi connectivity index (χ1) is 14.1. The van der Waals surface area contributed by atoms with Crippen LogP contribution in [-0.2, 0) is 9.53 Å². The van der Waals surface area contributed by atoms with E-state index in [9.17, 15) is 4.79 Å². The fourth-order valence-corrected chi connectivity index (χ4v) is 3.69. The molecule has 2 aromatic rings. The van der Waals surface area contributed by atoms with Crippen LogP contribution in [0.2, 0.25) is 0 Å². The lowest BCUT2D eigenvalue weighted by Gasteiger charge is -2.29. The Morgan fingerprint density at radius 3 is 2.90 bits per heavy atom. The van der Waals surface area contributed by atoms with Gasteiger partial charge in [-0.3, -0.25) is 0 Å². The standard InChI is InChI=1S/C21H26N4O3S/c1-5-12-27-16-11-9-8-10-15(16)18-17(19(26)28-13-6-2)14(4)22-20-23-21(29-7-3)24-25(18)20/h6,8-11,18H,2,5,7,12-13H2,1,3-4H3,(H,22,23,24). The summed E-state index contributed by atoms with van der Waals surface area (Å²) in [7, 11) is 0. The highest BCUT2D eigenvalue weighted by Gasteiger charge is 2.36. The Labute approximate surface area is 175 Å². The van der Waals surface area contributed by atoms with Gasteiger partial charge in [-0.2, -0.15) is 4.98 Å². The number of benzene rings is 1. The molecule has 0 fully saturated rings. The van der Waals surface area contributed by atoms with Crippen molar-refractivity contribution in [2.75, 3.05) is 24.3 Å². The normalized spacial score (nSPS) is 15.5. The van der Waals surface area contributed by atoms with E-state index < -0.39 is 12.0 Å². The highest BCUT2D eigenvalue weighted by atomic mass is 32.2. The van der Waals surface area contributed by atoms with Gasteiger partial charge in [-0.1, -0.05) is 56.5 Å². The number of thioether (sulfide) groups is 1. The van der Waals surface area contributed by atoms with Gasteiger partial charge < -0.3 is 14.8 Å². The van der Waals surface area contributed by atoms with Crippen LogP contribution in [0.5, 0.6) is 5.75 Å². The Morgan fingerprint density at radius 2 is 2.17 bits per heavy atom. The summed E-state index contributed by atoms with van der Waals surface area (Å²) in [6, 6.07) is 7.20. The number of allylic oxidation sites excluding steroid dienone is 1. The molecule has 1 aromatic heterocycles. The minimum atomic E-state index is -0.504. The highest BCUT2D eigenvalue weighted by Crippen LogP contribution is 2.40. The van der Waals surface area contributed by atoms with Crippen LogP contribution in [0.3, 0.4) is 0 Å². The molecule has 29 heavy (non-hydrogen) atoms. The summed E-state index contributed by atoms with van der Waals surface area (Å²) in [5.41, 5.74) is 2.00. The molecule has 1 aliphatic rings. The number of ether oxygens (including phenoxy) is 2. The Bertz CT molecular complexity index is 922. The van der Waals surface area contributed by atoms with Crippen molar-refractivity contribution in [1.29, 1.82) is 0 Å². The van der Waals surface area contributed by atoms with Crippen LogP contribution in [0.4, 0.5) is 5.95 Å². The number of hydrogen-bond acceptors (Lipinski definition) is 7. The molecule has 0 saturated heterocycles.